The third-order valence-corrected chi connectivity index (χ3v) is 3.31. The number of thiophene rings is 1. The van der Waals surface area contributed by atoms with Gasteiger partial charge in [-0.25, -0.2) is 4.98 Å². The van der Waals surface area contributed by atoms with Crippen molar-refractivity contribution in [3.8, 4) is 0 Å². The molecule has 0 aliphatic heterocycles. The molecular weight excluding hydrogens is 204 g/mol. The van der Waals surface area contributed by atoms with Gasteiger partial charge in [0.05, 0.1) is 5.39 Å². The zero-order valence-corrected chi connectivity index (χ0v) is 8.80. The maximum Gasteiger partial charge on any atom is 0.258 e. The van der Waals surface area contributed by atoms with E-state index >= 15 is 0 Å². The van der Waals surface area contributed by atoms with Crippen LogP contribution in [0.1, 0.15) is 10.4 Å². The van der Waals surface area contributed by atoms with Gasteiger partial charge >= 0.3 is 0 Å². The Kier molecular flexibility index (Phi) is 1.85. The first kappa shape index (κ1) is 8.65. The second kappa shape index (κ2) is 2.78. The lowest BCUT2D eigenvalue weighted by Crippen LogP contribution is -2.08. The van der Waals surface area contributed by atoms with E-state index in [-0.39, 0.29) is 10.7 Å². The Morgan fingerprint density at radius 2 is 2.15 bits per heavy atom. The van der Waals surface area contributed by atoms with Gasteiger partial charge in [0.25, 0.3) is 5.56 Å². The number of nitrogens with one attached hydrogen (secondary N) is 1. The molecule has 2 rings (SSSR count). The molecule has 2 heterocycles. The molecule has 0 aliphatic rings. The first-order chi connectivity index (χ1) is 6.09. The van der Waals surface area contributed by atoms with Crippen LogP contribution < -0.4 is 5.56 Å². The van der Waals surface area contributed by atoms with Crippen LogP contribution in [0, 0.1) is 13.8 Å². The summed E-state index contributed by atoms with van der Waals surface area (Å²) < 4.78 is 0. The van der Waals surface area contributed by atoms with E-state index in [4.69, 9.17) is 12.6 Å². The van der Waals surface area contributed by atoms with Crippen LogP contribution in [0.4, 0.5) is 0 Å². The average molecular weight is 211 g/mol. The SMILES string of the molecule is Cc1sc2nc([S-])[nH]c(=O)c2c1C. The molecule has 2 aromatic heterocycles. The number of nitrogens with zero attached hydrogens (tertiary/aromatic N) is 1. The maximum atomic E-state index is 11.5. The highest BCUT2D eigenvalue weighted by molar-refractivity contribution is 7.58. The van der Waals surface area contributed by atoms with E-state index < -0.39 is 0 Å². The molecule has 0 fully saturated rings. The van der Waals surface area contributed by atoms with Crippen molar-refractivity contribution in [3.63, 3.8) is 0 Å². The Bertz CT molecular complexity index is 527. The summed E-state index contributed by atoms with van der Waals surface area (Å²) in [4.78, 5) is 20.0. The van der Waals surface area contributed by atoms with Crippen LogP contribution in [0.15, 0.2) is 9.95 Å². The van der Waals surface area contributed by atoms with Crippen molar-refractivity contribution < 1.29 is 0 Å². The highest BCUT2D eigenvalue weighted by Gasteiger charge is 2.08. The topological polar surface area (TPSA) is 45.8 Å². The Morgan fingerprint density at radius 1 is 1.46 bits per heavy atom. The van der Waals surface area contributed by atoms with Crippen LogP contribution in [-0.4, -0.2) is 9.97 Å². The fourth-order valence-corrected chi connectivity index (χ4v) is 2.51. The number of H-pyrrole nitrogens is 1. The summed E-state index contributed by atoms with van der Waals surface area (Å²) in [5, 5.41) is 0.940. The molecule has 0 atom stereocenters. The molecule has 5 heteroatoms. The zero-order chi connectivity index (χ0) is 9.59. The molecular formula is C8H7N2OS2-. The highest BCUT2D eigenvalue weighted by atomic mass is 32.1. The predicted molar refractivity (Wildman–Crippen MR) is 55.3 cm³/mol. The van der Waals surface area contributed by atoms with Gasteiger partial charge in [0.2, 0.25) is 0 Å². The van der Waals surface area contributed by atoms with Crippen molar-refractivity contribution in [2.24, 2.45) is 0 Å². The van der Waals surface area contributed by atoms with E-state index in [1.165, 1.54) is 11.3 Å². The third-order valence-electron chi connectivity index (χ3n) is 2.02. The first-order valence-corrected chi connectivity index (χ1v) is 4.99. The minimum Gasteiger partial charge on any atom is -0.742 e. The van der Waals surface area contributed by atoms with E-state index in [1.807, 2.05) is 13.8 Å². The number of rotatable bonds is 0. The average Bonchev–Trinajstić information content (AvgIpc) is 2.27. The maximum absolute atomic E-state index is 11.5. The Morgan fingerprint density at radius 3 is 2.85 bits per heavy atom. The Labute approximate surface area is 84.2 Å². The van der Waals surface area contributed by atoms with Crippen LogP contribution in [-0.2, 0) is 12.6 Å². The Hall–Kier alpha value is -0.940. The van der Waals surface area contributed by atoms with Crippen LogP contribution in [0.25, 0.3) is 10.2 Å². The lowest BCUT2D eigenvalue weighted by atomic mass is 10.2. The summed E-state index contributed by atoms with van der Waals surface area (Å²) >= 11 is 6.33. The molecule has 68 valence electrons. The van der Waals surface area contributed by atoms with E-state index in [1.54, 1.807) is 0 Å². The summed E-state index contributed by atoms with van der Waals surface area (Å²) in [6, 6.07) is 0. The van der Waals surface area contributed by atoms with Crippen molar-refractivity contribution in [1.82, 2.24) is 9.97 Å². The molecule has 0 bridgehead atoms. The molecule has 0 aliphatic carbocycles. The van der Waals surface area contributed by atoms with Gasteiger partial charge in [0.1, 0.15) is 4.83 Å². The van der Waals surface area contributed by atoms with Gasteiger partial charge < -0.3 is 17.6 Å². The van der Waals surface area contributed by atoms with Crippen molar-refractivity contribution >= 4 is 34.2 Å². The molecule has 1 N–H and O–H groups in total. The largest absolute Gasteiger partial charge is 0.742 e. The van der Waals surface area contributed by atoms with E-state index in [0.717, 1.165) is 15.3 Å². The van der Waals surface area contributed by atoms with Gasteiger partial charge in [0, 0.05) is 4.88 Å². The van der Waals surface area contributed by atoms with Crippen LogP contribution in [0.3, 0.4) is 0 Å². The molecule has 0 radical (unpaired) electrons. The van der Waals surface area contributed by atoms with E-state index in [2.05, 4.69) is 9.97 Å². The fraction of sp³-hybridized carbons (Fsp3) is 0.250. The number of fused-ring (bicyclic) bond motifs is 1. The first-order valence-electron chi connectivity index (χ1n) is 3.76. The molecule has 2 aromatic rings. The molecule has 0 aromatic carbocycles. The molecule has 13 heavy (non-hydrogen) atoms. The summed E-state index contributed by atoms with van der Waals surface area (Å²) in [7, 11) is 0. The number of hydrogen-bond acceptors (Lipinski definition) is 4. The van der Waals surface area contributed by atoms with Gasteiger partial charge in [-0.15, -0.1) is 11.3 Å². The summed E-state index contributed by atoms with van der Waals surface area (Å²) in [6.07, 6.45) is 0. The van der Waals surface area contributed by atoms with Crippen molar-refractivity contribution in [3.05, 3.63) is 20.8 Å². The molecule has 0 saturated heterocycles. The predicted octanol–water partition coefficient (Wildman–Crippen LogP) is 1.51. The smallest absolute Gasteiger partial charge is 0.258 e. The van der Waals surface area contributed by atoms with Crippen LogP contribution in [0.5, 0.6) is 0 Å². The van der Waals surface area contributed by atoms with Gasteiger partial charge in [-0.05, 0) is 24.6 Å². The molecule has 0 saturated carbocycles. The number of aromatic amines is 1. The van der Waals surface area contributed by atoms with Crippen molar-refractivity contribution in [2.45, 2.75) is 19.0 Å². The monoisotopic (exact) mass is 211 g/mol. The van der Waals surface area contributed by atoms with Gasteiger partial charge in [-0.1, -0.05) is 0 Å². The van der Waals surface area contributed by atoms with E-state index in [0.29, 0.717) is 5.39 Å². The van der Waals surface area contributed by atoms with Crippen molar-refractivity contribution in [1.29, 1.82) is 0 Å². The number of hydrogen-bond donors (Lipinski definition) is 1. The highest BCUT2D eigenvalue weighted by Crippen LogP contribution is 2.25. The number of aromatic nitrogens is 2. The summed E-state index contributed by atoms with van der Waals surface area (Å²) in [5.41, 5.74) is 0.876. The van der Waals surface area contributed by atoms with Gasteiger partial charge in [-0.3, -0.25) is 4.79 Å². The second-order valence-electron chi connectivity index (χ2n) is 2.83. The van der Waals surface area contributed by atoms with Gasteiger partial charge in [-0.2, -0.15) is 0 Å². The molecule has 0 spiro atoms. The fourth-order valence-electron chi connectivity index (χ4n) is 1.23. The standard InChI is InChI=1S/C8H8N2OS2/c1-3-4(2)13-7-5(3)6(11)9-8(12)10-7/h1-2H3,(H2,9,10,11,12)/p-1. The molecule has 0 unspecified atom stereocenters. The van der Waals surface area contributed by atoms with Crippen LogP contribution >= 0.6 is 11.3 Å². The van der Waals surface area contributed by atoms with Gasteiger partial charge in [0.15, 0.2) is 0 Å². The summed E-state index contributed by atoms with van der Waals surface area (Å²) in [6.45, 7) is 3.90. The molecule has 3 nitrogen and oxygen atoms in total. The zero-order valence-electron chi connectivity index (χ0n) is 7.17. The second-order valence-corrected chi connectivity index (χ2v) is 4.42. The van der Waals surface area contributed by atoms with Crippen molar-refractivity contribution in [2.75, 3.05) is 0 Å². The van der Waals surface area contributed by atoms with Crippen LogP contribution in [0.2, 0.25) is 0 Å². The lowest BCUT2D eigenvalue weighted by molar-refractivity contribution is 0.985. The minimum atomic E-state index is -0.128. The lowest BCUT2D eigenvalue weighted by Gasteiger charge is -2.01. The normalized spacial score (nSPS) is 10.9. The number of aryl methyl sites for hydroxylation is 2. The van der Waals surface area contributed by atoms with E-state index in [9.17, 15) is 4.79 Å². The summed E-state index contributed by atoms with van der Waals surface area (Å²) in [5.74, 6) is 0. The quantitative estimate of drug-likeness (QED) is 0.530. The minimum absolute atomic E-state index is 0.128. The third kappa shape index (κ3) is 1.24. The molecule has 0 amide bonds. The Balaban J connectivity index is 3.03.